The van der Waals surface area contributed by atoms with E-state index in [1.54, 1.807) is 18.2 Å². The Hall–Kier alpha value is -3.09. The van der Waals surface area contributed by atoms with E-state index in [-0.39, 0.29) is 11.4 Å². The number of fused-ring (bicyclic) bond motifs is 1. The fourth-order valence-corrected chi connectivity index (χ4v) is 2.17. The van der Waals surface area contributed by atoms with Crippen molar-refractivity contribution in [2.45, 2.75) is 6.18 Å². The maximum atomic E-state index is 12.5. The first-order chi connectivity index (χ1) is 11.3. The first kappa shape index (κ1) is 15.8. The third kappa shape index (κ3) is 3.29. The summed E-state index contributed by atoms with van der Waals surface area (Å²) in [5, 5.41) is 1.46. The molecule has 0 spiro atoms. The number of pyridine rings is 1. The molecule has 0 saturated heterocycles. The van der Waals surface area contributed by atoms with Crippen molar-refractivity contribution in [2.24, 2.45) is 5.73 Å². The molecule has 24 heavy (non-hydrogen) atoms. The van der Waals surface area contributed by atoms with Gasteiger partial charge in [0.2, 0.25) is 0 Å². The van der Waals surface area contributed by atoms with Crippen LogP contribution in [0.3, 0.4) is 0 Å². The second kappa shape index (κ2) is 5.84. The number of rotatable bonds is 3. The van der Waals surface area contributed by atoms with Crippen LogP contribution in [0.25, 0.3) is 10.8 Å². The number of carbonyl (C=O) groups is 1. The van der Waals surface area contributed by atoms with Crippen molar-refractivity contribution in [3.8, 4) is 11.5 Å². The lowest BCUT2D eigenvalue weighted by Crippen LogP contribution is -2.12. The molecular weight excluding hydrogens is 321 g/mol. The minimum atomic E-state index is -4.39. The molecule has 122 valence electrons. The first-order valence-corrected chi connectivity index (χ1v) is 6.88. The van der Waals surface area contributed by atoms with Gasteiger partial charge in [0.1, 0.15) is 17.2 Å². The minimum absolute atomic E-state index is 0.120. The van der Waals surface area contributed by atoms with E-state index in [2.05, 4.69) is 4.98 Å². The summed E-state index contributed by atoms with van der Waals surface area (Å²) in [5.41, 5.74) is 4.57. The predicted octanol–water partition coefficient (Wildman–Crippen LogP) is 4.14. The molecule has 4 nitrogen and oxygen atoms in total. The number of hydrogen-bond acceptors (Lipinski definition) is 3. The topological polar surface area (TPSA) is 65.2 Å². The molecule has 0 saturated carbocycles. The van der Waals surface area contributed by atoms with Gasteiger partial charge < -0.3 is 10.5 Å². The van der Waals surface area contributed by atoms with Gasteiger partial charge in [-0.05, 0) is 53.9 Å². The van der Waals surface area contributed by atoms with Crippen LogP contribution in [0, 0.1) is 0 Å². The van der Waals surface area contributed by atoms with Gasteiger partial charge in [-0.1, -0.05) is 0 Å². The zero-order chi connectivity index (χ0) is 17.3. The number of nitrogens with two attached hydrogens (primary N) is 1. The van der Waals surface area contributed by atoms with Crippen LogP contribution in [0.4, 0.5) is 13.2 Å². The van der Waals surface area contributed by atoms with Crippen molar-refractivity contribution in [2.75, 3.05) is 0 Å². The van der Waals surface area contributed by atoms with E-state index in [0.717, 1.165) is 17.5 Å². The molecule has 3 rings (SSSR count). The molecule has 0 unspecified atom stereocenters. The second-order valence-corrected chi connectivity index (χ2v) is 5.07. The Kier molecular flexibility index (Phi) is 3.84. The standard InChI is InChI=1S/C17H11F3N2O2/c18-17(19,20)12-2-5-13(6-3-12)24-14-4-1-10-9-22-15(16(21)23)8-11(10)7-14/h1-9H,(H2,21,23). The molecule has 7 heteroatoms. The number of nitrogens with zero attached hydrogens (tertiary/aromatic N) is 1. The first-order valence-electron chi connectivity index (χ1n) is 6.88. The second-order valence-electron chi connectivity index (χ2n) is 5.07. The van der Waals surface area contributed by atoms with Crippen LogP contribution in [-0.4, -0.2) is 10.9 Å². The molecule has 3 aromatic rings. The Bertz CT molecular complexity index is 906. The van der Waals surface area contributed by atoms with Crippen molar-refractivity contribution in [1.29, 1.82) is 0 Å². The summed E-state index contributed by atoms with van der Waals surface area (Å²) in [5.74, 6) is 0.0429. The highest BCUT2D eigenvalue weighted by atomic mass is 19.4. The van der Waals surface area contributed by atoms with E-state index in [4.69, 9.17) is 10.5 Å². The summed E-state index contributed by atoms with van der Waals surface area (Å²) in [6, 6.07) is 11.0. The smallest absolute Gasteiger partial charge is 0.416 e. The zero-order valence-electron chi connectivity index (χ0n) is 12.2. The molecule has 1 amide bonds. The Labute approximate surface area is 134 Å². The summed E-state index contributed by atoms with van der Waals surface area (Å²) in [6.07, 6.45) is -2.88. The van der Waals surface area contributed by atoms with Gasteiger partial charge in [0.25, 0.3) is 5.91 Å². The van der Waals surface area contributed by atoms with Gasteiger partial charge in [0.05, 0.1) is 5.56 Å². The number of primary amides is 1. The SMILES string of the molecule is NC(=O)c1cc2cc(Oc3ccc(C(F)(F)F)cc3)ccc2cn1. The fourth-order valence-electron chi connectivity index (χ4n) is 2.17. The summed E-state index contributed by atoms with van der Waals surface area (Å²) >= 11 is 0. The normalized spacial score (nSPS) is 11.5. The number of amides is 1. The van der Waals surface area contributed by atoms with E-state index >= 15 is 0 Å². The number of benzene rings is 2. The van der Waals surface area contributed by atoms with Gasteiger partial charge >= 0.3 is 6.18 Å². The Morgan fingerprint density at radius 3 is 2.25 bits per heavy atom. The molecule has 2 aromatic carbocycles. The highest BCUT2D eigenvalue weighted by Gasteiger charge is 2.30. The van der Waals surface area contributed by atoms with Crippen LogP contribution in [0.1, 0.15) is 16.1 Å². The average Bonchev–Trinajstić information content (AvgIpc) is 2.54. The Morgan fingerprint density at radius 2 is 1.62 bits per heavy atom. The van der Waals surface area contributed by atoms with Gasteiger partial charge in [-0.3, -0.25) is 9.78 Å². The highest BCUT2D eigenvalue weighted by molar-refractivity contribution is 5.95. The maximum Gasteiger partial charge on any atom is 0.416 e. The predicted molar refractivity (Wildman–Crippen MR) is 81.8 cm³/mol. The maximum absolute atomic E-state index is 12.5. The molecule has 0 radical (unpaired) electrons. The van der Waals surface area contributed by atoms with Crippen LogP contribution in [0.15, 0.2) is 54.7 Å². The number of ether oxygens (including phenoxy) is 1. The van der Waals surface area contributed by atoms with E-state index in [1.807, 2.05) is 0 Å². The number of halogens is 3. The zero-order valence-corrected chi connectivity index (χ0v) is 12.2. The minimum Gasteiger partial charge on any atom is -0.457 e. The highest BCUT2D eigenvalue weighted by Crippen LogP contribution is 2.32. The van der Waals surface area contributed by atoms with Crippen LogP contribution in [0.2, 0.25) is 0 Å². The van der Waals surface area contributed by atoms with Gasteiger partial charge in [-0.25, -0.2) is 0 Å². The van der Waals surface area contributed by atoms with Crippen molar-refractivity contribution in [3.63, 3.8) is 0 Å². The third-order valence-electron chi connectivity index (χ3n) is 3.36. The molecule has 0 aliphatic carbocycles. The fraction of sp³-hybridized carbons (Fsp3) is 0.0588. The van der Waals surface area contributed by atoms with E-state index < -0.39 is 17.6 Å². The number of carbonyl (C=O) groups excluding carboxylic acids is 1. The monoisotopic (exact) mass is 332 g/mol. The number of alkyl halides is 3. The average molecular weight is 332 g/mol. The van der Waals surface area contributed by atoms with Gasteiger partial charge in [0.15, 0.2) is 0 Å². The molecule has 0 aliphatic rings. The molecule has 0 atom stereocenters. The van der Waals surface area contributed by atoms with E-state index in [9.17, 15) is 18.0 Å². The van der Waals surface area contributed by atoms with Crippen molar-refractivity contribution < 1.29 is 22.7 Å². The lowest BCUT2D eigenvalue weighted by Gasteiger charge is -2.09. The Balaban J connectivity index is 1.88. The molecule has 2 N–H and O–H groups in total. The molecule has 1 aromatic heterocycles. The molecule has 0 aliphatic heterocycles. The molecule has 0 fully saturated rings. The molecule has 1 heterocycles. The van der Waals surface area contributed by atoms with E-state index in [0.29, 0.717) is 11.1 Å². The van der Waals surface area contributed by atoms with Crippen LogP contribution in [0.5, 0.6) is 11.5 Å². The van der Waals surface area contributed by atoms with Crippen molar-refractivity contribution in [1.82, 2.24) is 4.98 Å². The van der Waals surface area contributed by atoms with Gasteiger partial charge in [-0.15, -0.1) is 0 Å². The van der Waals surface area contributed by atoms with Crippen LogP contribution >= 0.6 is 0 Å². The van der Waals surface area contributed by atoms with Crippen molar-refractivity contribution >= 4 is 16.7 Å². The number of hydrogen-bond donors (Lipinski definition) is 1. The number of aromatic nitrogens is 1. The lowest BCUT2D eigenvalue weighted by molar-refractivity contribution is -0.137. The summed E-state index contributed by atoms with van der Waals surface area (Å²) in [6.45, 7) is 0. The quantitative estimate of drug-likeness (QED) is 0.784. The van der Waals surface area contributed by atoms with E-state index in [1.165, 1.54) is 24.4 Å². The van der Waals surface area contributed by atoms with Crippen LogP contribution in [-0.2, 0) is 6.18 Å². The third-order valence-corrected chi connectivity index (χ3v) is 3.36. The lowest BCUT2D eigenvalue weighted by atomic mass is 10.1. The summed E-state index contributed by atoms with van der Waals surface area (Å²) < 4.78 is 43.2. The molecular formula is C17H11F3N2O2. The van der Waals surface area contributed by atoms with Crippen molar-refractivity contribution in [3.05, 3.63) is 66.0 Å². The molecule has 0 bridgehead atoms. The summed E-state index contributed by atoms with van der Waals surface area (Å²) in [4.78, 5) is 15.1. The Morgan fingerprint density at radius 1 is 0.958 bits per heavy atom. The summed E-state index contributed by atoms with van der Waals surface area (Å²) in [7, 11) is 0. The van der Waals surface area contributed by atoms with Gasteiger partial charge in [0, 0.05) is 11.6 Å². The largest absolute Gasteiger partial charge is 0.457 e. The van der Waals surface area contributed by atoms with Crippen LogP contribution < -0.4 is 10.5 Å². The van der Waals surface area contributed by atoms with Gasteiger partial charge in [-0.2, -0.15) is 13.2 Å².